The Kier molecular flexibility index (Phi) is 5.26. The first-order valence-corrected chi connectivity index (χ1v) is 8.80. The van der Waals surface area contributed by atoms with Gasteiger partial charge in [-0.25, -0.2) is 0 Å². The van der Waals surface area contributed by atoms with Gasteiger partial charge < -0.3 is 4.42 Å². The third kappa shape index (κ3) is 3.48. The number of halogens is 1. The van der Waals surface area contributed by atoms with Gasteiger partial charge in [-0.15, -0.1) is 17.5 Å². The van der Waals surface area contributed by atoms with Crippen LogP contribution in [0.15, 0.2) is 57.9 Å². The topological polar surface area (TPSA) is 25.5 Å². The van der Waals surface area contributed by atoms with Gasteiger partial charge in [-0.2, -0.15) is 0 Å². The van der Waals surface area contributed by atoms with E-state index in [4.69, 9.17) is 16.0 Å². The second-order valence-electron chi connectivity index (χ2n) is 5.92. The summed E-state index contributed by atoms with van der Waals surface area (Å²) in [6.07, 6.45) is 0. The van der Waals surface area contributed by atoms with E-state index in [1.54, 1.807) is 0 Å². The number of fused-ring (bicyclic) bond motifs is 1. The maximum atomic E-state index is 6.07. The van der Waals surface area contributed by atoms with Crippen LogP contribution in [0.3, 0.4) is 0 Å². The van der Waals surface area contributed by atoms with Crippen LogP contribution < -0.4 is 0 Å². The fourth-order valence-electron chi connectivity index (χ4n) is 2.98. The van der Waals surface area contributed by atoms with Gasteiger partial charge in [0.1, 0.15) is 17.3 Å². The van der Waals surface area contributed by atoms with Crippen molar-refractivity contribution < 1.29 is 4.42 Å². The van der Waals surface area contributed by atoms with Crippen LogP contribution >= 0.6 is 11.6 Å². The van der Waals surface area contributed by atoms with Gasteiger partial charge in [0.2, 0.25) is 0 Å². The monoisotopic (exact) mass is 349 g/mol. The van der Waals surface area contributed by atoms with Crippen molar-refractivity contribution in [1.29, 1.82) is 0 Å². The molecule has 1 unspecified atom stereocenters. The molecule has 1 atom stereocenters. The molecule has 0 aliphatic heterocycles. The second-order valence-corrected chi connectivity index (χ2v) is 6.16. The van der Waals surface area contributed by atoms with Crippen molar-refractivity contribution in [2.24, 2.45) is 4.99 Å². The number of para-hydroxylation sites is 1. The molecule has 0 amide bonds. The van der Waals surface area contributed by atoms with Gasteiger partial charge in [0.25, 0.3) is 0 Å². The molecule has 0 aliphatic carbocycles. The molecule has 2 nitrogen and oxygen atoms in total. The Labute approximate surface area is 153 Å². The van der Waals surface area contributed by atoms with Crippen molar-refractivity contribution in [1.82, 2.24) is 0 Å². The SMILES string of the molecule is CC#CC(C)c1ccc(/C(=N/CCl)c2oc3ccccc3c2C)cc1. The summed E-state index contributed by atoms with van der Waals surface area (Å²) in [5.41, 5.74) is 4.90. The average Bonchev–Trinajstić information content (AvgIpc) is 2.97. The van der Waals surface area contributed by atoms with Gasteiger partial charge in [0.15, 0.2) is 5.76 Å². The normalized spacial score (nSPS) is 12.7. The highest BCUT2D eigenvalue weighted by Crippen LogP contribution is 2.28. The summed E-state index contributed by atoms with van der Waals surface area (Å²) >= 11 is 5.92. The fourth-order valence-corrected chi connectivity index (χ4v) is 3.10. The van der Waals surface area contributed by atoms with Crippen molar-refractivity contribution in [3.05, 3.63) is 71.0 Å². The minimum Gasteiger partial charge on any atom is -0.454 e. The fraction of sp³-hybridized carbons (Fsp3) is 0.227. The largest absolute Gasteiger partial charge is 0.454 e. The minimum absolute atomic E-state index is 0.186. The third-order valence-corrected chi connectivity index (χ3v) is 4.44. The molecule has 1 aromatic heterocycles. The number of hydrogen-bond acceptors (Lipinski definition) is 2. The van der Waals surface area contributed by atoms with Crippen LogP contribution in [0.2, 0.25) is 0 Å². The zero-order chi connectivity index (χ0) is 17.8. The van der Waals surface area contributed by atoms with Crippen molar-refractivity contribution in [3.8, 4) is 11.8 Å². The predicted molar refractivity (Wildman–Crippen MR) is 106 cm³/mol. The van der Waals surface area contributed by atoms with Gasteiger partial charge >= 0.3 is 0 Å². The van der Waals surface area contributed by atoms with Crippen LogP contribution in [0.4, 0.5) is 0 Å². The van der Waals surface area contributed by atoms with E-state index >= 15 is 0 Å². The quantitative estimate of drug-likeness (QED) is 0.249. The van der Waals surface area contributed by atoms with E-state index in [-0.39, 0.29) is 11.9 Å². The van der Waals surface area contributed by atoms with Gasteiger partial charge in [0, 0.05) is 22.4 Å². The smallest absolute Gasteiger partial charge is 0.156 e. The summed E-state index contributed by atoms with van der Waals surface area (Å²) in [4.78, 5) is 4.49. The molecular weight excluding hydrogens is 330 g/mol. The van der Waals surface area contributed by atoms with Crippen molar-refractivity contribution in [2.75, 3.05) is 6.00 Å². The van der Waals surface area contributed by atoms with Crippen molar-refractivity contribution in [2.45, 2.75) is 26.7 Å². The van der Waals surface area contributed by atoms with Crippen LogP contribution in [0, 0.1) is 18.8 Å². The minimum atomic E-state index is 0.186. The van der Waals surface area contributed by atoms with E-state index in [2.05, 4.69) is 61.0 Å². The average molecular weight is 350 g/mol. The zero-order valence-corrected chi connectivity index (χ0v) is 15.4. The molecule has 3 aromatic rings. The highest BCUT2D eigenvalue weighted by atomic mass is 35.5. The number of aliphatic imine (C=N–C) groups is 1. The first kappa shape index (κ1) is 17.3. The number of aryl methyl sites for hydroxylation is 1. The summed E-state index contributed by atoms with van der Waals surface area (Å²) in [6.45, 7) is 6.02. The van der Waals surface area contributed by atoms with Crippen LogP contribution in [-0.2, 0) is 0 Å². The van der Waals surface area contributed by atoms with Crippen LogP contribution in [-0.4, -0.2) is 11.7 Å². The standard InChI is InChI=1S/C22H20ClNO/c1-4-7-15(2)17-10-12-18(13-11-17)21(24-14-23)22-16(3)19-8-5-6-9-20(19)25-22/h5-6,8-13,15H,14H2,1-3H3/b24-21-. The van der Waals surface area contributed by atoms with Gasteiger partial charge in [-0.05, 0) is 32.4 Å². The molecule has 0 bridgehead atoms. The molecule has 1 heterocycles. The summed E-state index contributed by atoms with van der Waals surface area (Å²) in [5, 5.41) is 1.10. The number of furan rings is 1. The van der Waals surface area contributed by atoms with Crippen molar-refractivity contribution in [3.63, 3.8) is 0 Å². The number of nitrogens with zero attached hydrogens (tertiary/aromatic N) is 1. The number of benzene rings is 2. The predicted octanol–water partition coefficient (Wildman–Crippen LogP) is 5.90. The van der Waals surface area contributed by atoms with E-state index in [1.807, 2.05) is 25.1 Å². The van der Waals surface area contributed by atoms with Crippen LogP contribution in [0.1, 0.15) is 42.2 Å². The Hall–Kier alpha value is -2.50. The van der Waals surface area contributed by atoms with E-state index in [0.717, 1.165) is 33.6 Å². The summed E-state index contributed by atoms with van der Waals surface area (Å²) in [7, 11) is 0. The molecule has 25 heavy (non-hydrogen) atoms. The Morgan fingerprint density at radius 3 is 2.52 bits per heavy atom. The first-order chi connectivity index (χ1) is 12.2. The number of hydrogen-bond donors (Lipinski definition) is 0. The molecule has 0 saturated heterocycles. The van der Waals surface area contributed by atoms with Gasteiger partial charge in [-0.3, -0.25) is 4.99 Å². The Bertz CT molecular complexity index is 971. The molecule has 0 fully saturated rings. The molecular formula is C22H20ClNO. The number of alkyl halides is 1. The maximum absolute atomic E-state index is 6.07. The number of rotatable bonds is 4. The third-order valence-electron chi connectivity index (χ3n) is 4.32. The van der Waals surface area contributed by atoms with E-state index < -0.39 is 0 Å². The molecule has 126 valence electrons. The molecule has 0 saturated carbocycles. The van der Waals surface area contributed by atoms with Crippen LogP contribution in [0.5, 0.6) is 0 Å². The van der Waals surface area contributed by atoms with Crippen LogP contribution in [0.25, 0.3) is 11.0 Å². The van der Waals surface area contributed by atoms with Crippen molar-refractivity contribution >= 4 is 28.3 Å². The lowest BCUT2D eigenvalue weighted by molar-refractivity contribution is 0.602. The molecule has 0 spiro atoms. The lowest BCUT2D eigenvalue weighted by Crippen LogP contribution is -2.05. The van der Waals surface area contributed by atoms with Gasteiger partial charge in [-0.1, -0.05) is 48.4 Å². The Morgan fingerprint density at radius 1 is 1.16 bits per heavy atom. The molecule has 0 aliphatic rings. The molecule has 2 aromatic carbocycles. The first-order valence-electron chi connectivity index (χ1n) is 8.27. The molecule has 3 heteroatoms. The van der Waals surface area contributed by atoms with E-state index in [9.17, 15) is 0 Å². The lowest BCUT2D eigenvalue weighted by atomic mass is 9.97. The second kappa shape index (κ2) is 7.59. The Morgan fingerprint density at radius 2 is 1.88 bits per heavy atom. The Balaban J connectivity index is 2.05. The zero-order valence-electron chi connectivity index (χ0n) is 14.6. The molecule has 0 N–H and O–H groups in total. The molecule has 0 radical (unpaired) electrons. The summed E-state index contributed by atoms with van der Waals surface area (Å²) in [6, 6.07) is 16.5. The highest BCUT2D eigenvalue weighted by molar-refractivity contribution is 6.20. The highest BCUT2D eigenvalue weighted by Gasteiger charge is 2.17. The van der Waals surface area contributed by atoms with E-state index in [0.29, 0.717) is 0 Å². The maximum Gasteiger partial charge on any atom is 0.156 e. The molecule has 3 rings (SSSR count). The van der Waals surface area contributed by atoms with Gasteiger partial charge in [0.05, 0.1) is 0 Å². The summed E-state index contributed by atoms with van der Waals surface area (Å²) < 4.78 is 6.07. The lowest BCUT2D eigenvalue weighted by Gasteiger charge is -2.08. The van der Waals surface area contributed by atoms with E-state index in [1.165, 1.54) is 5.56 Å². The summed E-state index contributed by atoms with van der Waals surface area (Å²) in [5.74, 6) is 7.12.